The standard InChI is InChI=1S/C6H6N2.3C6H13N.C5H5N3/c1-8-3-2-6(4-7)5-8;3*1-7-5-3-2-4-6-7;1-8-4-5(2-6)3-7-8/h2-3,5H,1H3;3*2-6H2,1H3;3-4H,1H3. The van der Waals surface area contributed by atoms with Gasteiger partial charge in [0, 0.05) is 32.7 Å². The van der Waals surface area contributed by atoms with Crippen molar-refractivity contribution in [2.24, 2.45) is 14.1 Å². The summed E-state index contributed by atoms with van der Waals surface area (Å²) in [5, 5.41) is 20.3. The normalized spacial score (nSPS) is 18.0. The highest BCUT2D eigenvalue weighted by atomic mass is 15.2. The molecule has 5 heterocycles. The lowest BCUT2D eigenvalue weighted by Crippen LogP contribution is -2.24. The predicted octanol–water partition coefficient (Wildman–Crippen LogP) is 4.49. The van der Waals surface area contributed by atoms with E-state index in [-0.39, 0.29) is 0 Å². The van der Waals surface area contributed by atoms with Gasteiger partial charge in [0.2, 0.25) is 0 Å². The molecule has 0 unspecified atom stereocenters. The molecule has 3 saturated heterocycles. The van der Waals surface area contributed by atoms with E-state index >= 15 is 0 Å². The van der Waals surface area contributed by atoms with Crippen molar-refractivity contribution in [3.8, 4) is 12.1 Å². The van der Waals surface area contributed by atoms with Gasteiger partial charge in [-0.05, 0) is 105 Å². The first-order valence-corrected chi connectivity index (χ1v) is 13.8. The SMILES string of the molecule is CN1CCCCC1.CN1CCCCC1.CN1CCCCC1.Cn1cc(C#N)cn1.Cn1ccc(C#N)c1. The first kappa shape index (κ1) is 32.4. The Hall–Kier alpha value is -2.65. The van der Waals surface area contributed by atoms with Crippen LogP contribution in [0.5, 0.6) is 0 Å². The third-order valence-corrected chi connectivity index (χ3v) is 6.53. The number of rotatable bonds is 0. The van der Waals surface area contributed by atoms with Crippen molar-refractivity contribution >= 4 is 0 Å². The molecule has 0 radical (unpaired) electrons. The Kier molecular flexibility index (Phi) is 17.9. The van der Waals surface area contributed by atoms with E-state index in [0.29, 0.717) is 11.1 Å². The lowest BCUT2D eigenvalue weighted by molar-refractivity contribution is 0.277. The molecule has 2 aromatic heterocycles. The topological polar surface area (TPSA) is 80.0 Å². The van der Waals surface area contributed by atoms with Crippen LogP contribution < -0.4 is 0 Å². The molecule has 0 atom stereocenters. The molecule has 0 aliphatic carbocycles. The molecule has 206 valence electrons. The van der Waals surface area contributed by atoms with E-state index in [2.05, 4.69) is 40.9 Å². The molecule has 0 aromatic carbocycles. The largest absolute Gasteiger partial charge is 0.356 e. The Morgan fingerprint density at radius 3 is 1.16 bits per heavy atom. The summed E-state index contributed by atoms with van der Waals surface area (Å²) in [5.41, 5.74) is 1.32. The summed E-state index contributed by atoms with van der Waals surface area (Å²) >= 11 is 0. The first-order chi connectivity index (χ1) is 17.8. The maximum absolute atomic E-state index is 8.29. The van der Waals surface area contributed by atoms with Crippen LogP contribution in [-0.4, -0.2) is 89.5 Å². The van der Waals surface area contributed by atoms with Gasteiger partial charge >= 0.3 is 0 Å². The van der Waals surface area contributed by atoms with Crippen LogP contribution in [0.1, 0.15) is 68.9 Å². The third-order valence-electron chi connectivity index (χ3n) is 6.53. The lowest BCUT2D eigenvalue weighted by Gasteiger charge is -2.20. The summed E-state index contributed by atoms with van der Waals surface area (Å²) in [4.78, 5) is 7.18. The number of aryl methyl sites for hydroxylation is 2. The van der Waals surface area contributed by atoms with Crippen LogP contribution in [-0.2, 0) is 14.1 Å². The second-order valence-corrected chi connectivity index (χ2v) is 10.3. The molecule has 3 fully saturated rings. The molecular weight excluding hydrogens is 460 g/mol. The van der Waals surface area contributed by atoms with Crippen LogP contribution >= 0.6 is 0 Å². The van der Waals surface area contributed by atoms with Gasteiger partial charge in [0.05, 0.1) is 17.3 Å². The summed E-state index contributed by atoms with van der Waals surface area (Å²) in [6.45, 7) is 7.92. The summed E-state index contributed by atoms with van der Waals surface area (Å²) in [5.74, 6) is 0. The highest BCUT2D eigenvalue weighted by Gasteiger charge is 2.03. The molecule has 5 rings (SSSR count). The Balaban J connectivity index is 0.000000232. The fourth-order valence-electron chi connectivity index (χ4n) is 4.20. The molecule has 0 N–H and O–H groups in total. The van der Waals surface area contributed by atoms with Gasteiger partial charge in [-0.3, -0.25) is 4.68 Å². The van der Waals surface area contributed by atoms with Crippen LogP contribution in [0.25, 0.3) is 0 Å². The van der Waals surface area contributed by atoms with E-state index in [1.165, 1.54) is 103 Å². The highest BCUT2D eigenvalue weighted by molar-refractivity contribution is 5.25. The number of piperidine rings is 3. The third kappa shape index (κ3) is 17.4. The molecule has 8 nitrogen and oxygen atoms in total. The van der Waals surface area contributed by atoms with Crippen molar-refractivity contribution in [1.29, 1.82) is 10.5 Å². The van der Waals surface area contributed by atoms with E-state index in [4.69, 9.17) is 10.5 Å². The molecule has 2 aromatic rings. The summed E-state index contributed by atoms with van der Waals surface area (Å²) in [6, 6.07) is 5.77. The second kappa shape index (κ2) is 20.4. The van der Waals surface area contributed by atoms with Gasteiger partial charge in [-0.25, -0.2) is 0 Å². The van der Waals surface area contributed by atoms with E-state index < -0.39 is 0 Å². The molecule has 8 heteroatoms. The minimum atomic E-state index is 0.604. The monoisotopic (exact) mass is 510 g/mol. The molecule has 0 amide bonds. The van der Waals surface area contributed by atoms with Gasteiger partial charge in [-0.2, -0.15) is 15.6 Å². The van der Waals surface area contributed by atoms with Crippen LogP contribution in [0.4, 0.5) is 0 Å². The molecule has 3 aliphatic rings. The number of hydrogen-bond acceptors (Lipinski definition) is 6. The second-order valence-electron chi connectivity index (χ2n) is 10.3. The number of likely N-dealkylation sites (tertiary alicyclic amines) is 3. The van der Waals surface area contributed by atoms with Crippen LogP contribution in [0.3, 0.4) is 0 Å². The van der Waals surface area contributed by atoms with Gasteiger partial charge in [0.15, 0.2) is 0 Å². The van der Waals surface area contributed by atoms with Crippen molar-refractivity contribution in [3.63, 3.8) is 0 Å². The Labute approximate surface area is 226 Å². The van der Waals surface area contributed by atoms with Crippen molar-refractivity contribution in [2.75, 3.05) is 60.4 Å². The van der Waals surface area contributed by atoms with E-state index in [1.807, 2.05) is 30.0 Å². The maximum Gasteiger partial charge on any atom is 0.102 e. The van der Waals surface area contributed by atoms with Crippen molar-refractivity contribution in [2.45, 2.75) is 57.8 Å². The summed E-state index contributed by atoms with van der Waals surface area (Å²) in [6.07, 6.45) is 19.6. The Morgan fingerprint density at radius 2 is 1.00 bits per heavy atom. The average Bonchev–Trinajstić information content (AvgIpc) is 3.54. The van der Waals surface area contributed by atoms with Crippen molar-refractivity contribution in [3.05, 3.63) is 42.0 Å². The summed E-state index contributed by atoms with van der Waals surface area (Å²) in [7, 11) is 10.2. The van der Waals surface area contributed by atoms with Gasteiger partial charge in [-0.15, -0.1) is 0 Å². The van der Waals surface area contributed by atoms with Gasteiger partial charge in [-0.1, -0.05) is 19.3 Å². The van der Waals surface area contributed by atoms with Crippen LogP contribution in [0, 0.1) is 22.7 Å². The zero-order valence-corrected chi connectivity index (χ0v) is 24.1. The molecule has 3 aliphatic heterocycles. The van der Waals surface area contributed by atoms with Crippen LogP contribution in [0.2, 0.25) is 0 Å². The van der Waals surface area contributed by atoms with Gasteiger partial charge < -0.3 is 19.3 Å². The lowest BCUT2D eigenvalue weighted by atomic mass is 10.1. The van der Waals surface area contributed by atoms with Crippen LogP contribution in [0.15, 0.2) is 30.9 Å². The summed E-state index contributed by atoms with van der Waals surface area (Å²) < 4.78 is 3.44. The molecule has 37 heavy (non-hydrogen) atoms. The fourth-order valence-corrected chi connectivity index (χ4v) is 4.20. The molecule has 0 saturated carbocycles. The minimum Gasteiger partial charge on any atom is -0.356 e. The van der Waals surface area contributed by atoms with E-state index in [1.54, 1.807) is 30.2 Å². The first-order valence-electron chi connectivity index (χ1n) is 13.8. The zero-order valence-electron chi connectivity index (χ0n) is 24.1. The quantitative estimate of drug-likeness (QED) is 0.519. The van der Waals surface area contributed by atoms with E-state index in [9.17, 15) is 0 Å². The van der Waals surface area contributed by atoms with Gasteiger partial charge in [0.1, 0.15) is 12.1 Å². The number of aromatic nitrogens is 3. The Morgan fingerprint density at radius 1 is 0.595 bits per heavy atom. The maximum atomic E-state index is 8.29. The smallest absolute Gasteiger partial charge is 0.102 e. The molecule has 0 spiro atoms. The molecule has 0 bridgehead atoms. The van der Waals surface area contributed by atoms with E-state index in [0.717, 1.165) is 0 Å². The highest BCUT2D eigenvalue weighted by Crippen LogP contribution is 2.06. The van der Waals surface area contributed by atoms with Gasteiger partial charge in [0.25, 0.3) is 0 Å². The van der Waals surface area contributed by atoms with Crippen molar-refractivity contribution < 1.29 is 0 Å². The fraction of sp³-hybridized carbons (Fsp3) is 0.690. The minimum absolute atomic E-state index is 0.604. The number of hydrogen-bond donors (Lipinski definition) is 0. The van der Waals surface area contributed by atoms with Crippen molar-refractivity contribution in [1.82, 2.24) is 29.0 Å². The number of nitrogens with zero attached hydrogens (tertiary/aromatic N) is 8. The predicted molar refractivity (Wildman–Crippen MR) is 152 cm³/mol. The Bertz CT molecular complexity index is 797. The molecular formula is C29H50N8. The number of nitriles is 2. The zero-order chi connectivity index (χ0) is 27.3. The average molecular weight is 511 g/mol.